The molecule has 0 saturated carbocycles. The number of nitrogens with one attached hydrogen (secondary N) is 1. The molecule has 1 fully saturated rings. The van der Waals surface area contributed by atoms with Gasteiger partial charge in [-0.2, -0.15) is 0 Å². The molecule has 5 nitrogen and oxygen atoms in total. The topological polar surface area (TPSA) is 75.2 Å². The molecule has 0 amide bonds. The van der Waals surface area contributed by atoms with Gasteiger partial charge in [-0.15, -0.1) is 0 Å². The van der Waals surface area contributed by atoms with Gasteiger partial charge in [0, 0.05) is 24.3 Å². The lowest BCUT2D eigenvalue weighted by Gasteiger charge is -2.12. The van der Waals surface area contributed by atoms with Gasteiger partial charge in [-0.25, -0.2) is 4.98 Å². The Bertz CT molecular complexity index is 456. The van der Waals surface area contributed by atoms with E-state index >= 15 is 0 Å². The van der Waals surface area contributed by atoms with Crippen molar-refractivity contribution in [2.75, 3.05) is 6.61 Å². The molecule has 94 valence electrons. The van der Waals surface area contributed by atoms with Crippen LogP contribution in [-0.4, -0.2) is 27.8 Å². The second kappa shape index (κ2) is 4.98. The number of hydrogen-bond acceptors (Lipinski definition) is 4. The van der Waals surface area contributed by atoms with Crippen molar-refractivity contribution in [1.82, 2.24) is 9.97 Å². The summed E-state index contributed by atoms with van der Waals surface area (Å²) in [5, 5.41) is 8.88. The van der Waals surface area contributed by atoms with Crippen LogP contribution in [0.1, 0.15) is 43.0 Å². The first-order chi connectivity index (χ1) is 8.11. The molecule has 2 rings (SSSR count). The van der Waals surface area contributed by atoms with Gasteiger partial charge in [0.25, 0.3) is 5.56 Å². The highest BCUT2D eigenvalue weighted by Crippen LogP contribution is 2.30. The van der Waals surface area contributed by atoms with Crippen molar-refractivity contribution in [3.8, 4) is 0 Å². The number of aromatic nitrogens is 2. The number of aliphatic hydroxyl groups is 1. The van der Waals surface area contributed by atoms with Crippen LogP contribution in [0.3, 0.4) is 0 Å². The molecule has 1 saturated heterocycles. The van der Waals surface area contributed by atoms with Crippen LogP contribution in [0.5, 0.6) is 0 Å². The Kier molecular flexibility index (Phi) is 3.59. The van der Waals surface area contributed by atoms with Crippen molar-refractivity contribution in [1.29, 1.82) is 0 Å². The number of nitrogens with zero attached hydrogens (tertiary/aromatic N) is 1. The fraction of sp³-hybridized carbons (Fsp3) is 0.667. The zero-order valence-electron chi connectivity index (χ0n) is 10.2. The summed E-state index contributed by atoms with van der Waals surface area (Å²) in [6.07, 6.45) is 2.35. The molecule has 5 heteroatoms. The molecule has 0 spiro atoms. The van der Waals surface area contributed by atoms with Gasteiger partial charge in [0.2, 0.25) is 0 Å². The number of H-pyrrole nitrogens is 1. The molecule has 1 aromatic heterocycles. The fourth-order valence-corrected chi connectivity index (χ4v) is 2.19. The highest BCUT2D eigenvalue weighted by atomic mass is 16.5. The van der Waals surface area contributed by atoms with Crippen molar-refractivity contribution < 1.29 is 9.84 Å². The number of aryl methyl sites for hydroxylation is 1. The van der Waals surface area contributed by atoms with Gasteiger partial charge in [0.1, 0.15) is 11.9 Å². The van der Waals surface area contributed by atoms with Crippen molar-refractivity contribution in [2.45, 2.75) is 45.3 Å². The van der Waals surface area contributed by atoms with E-state index in [2.05, 4.69) is 9.97 Å². The summed E-state index contributed by atoms with van der Waals surface area (Å²) in [6.45, 7) is 3.77. The average Bonchev–Trinajstić information content (AvgIpc) is 2.70. The third-order valence-corrected chi connectivity index (χ3v) is 3.14. The standard InChI is InChI=1S/C12H18N2O3/c1-7-3-4-10(17-7)11-13-8(2)9(5-6-15)12(16)14-11/h7,10,15H,3-6H2,1-2H3,(H,13,14,16). The highest BCUT2D eigenvalue weighted by Gasteiger charge is 2.25. The van der Waals surface area contributed by atoms with Crippen LogP contribution < -0.4 is 5.56 Å². The van der Waals surface area contributed by atoms with Gasteiger partial charge in [-0.1, -0.05) is 0 Å². The van der Waals surface area contributed by atoms with Crippen molar-refractivity contribution in [2.24, 2.45) is 0 Å². The minimum Gasteiger partial charge on any atom is -0.396 e. The first-order valence-electron chi connectivity index (χ1n) is 5.98. The molecular formula is C12H18N2O3. The fourth-order valence-electron chi connectivity index (χ4n) is 2.19. The normalized spacial score (nSPS) is 24.2. The highest BCUT2D eigenvalue weighted by molar-refractivity contribution is 5.17. The quantitative estimate of drug-likeness (QED) is 0.818. The molecule has 0 aliphatic carbocycles. The molecule has 0 aromatic carbocycles. The number of ether oxygens (including phenoxy) is 1. The summed E-state index contributed by atoms with van der Waals surface area (Å²) in [4.78, 5) is 19.0. The molecule has 1 aromatic rings. The Morgan fingerprint density at radius 1 is 1.53 bits per heavy atom. The van der Waals surface area contributed by atoms with E-state index in [-0.39, 0.29) is 24.4 Å². The number of rotatable bonds is 3. The van der Waals surface area contributed by atoms with Crippen LogP contribution in [0.4, 0.5) is 0 Å². The maximum Gasteiger partial charge on any atom is 0.254 e. The van der Waals surface area contributed by atoms with Crippen LogP contribution in [0.2, 0.25) is 0 Å². The van der Waals surface area contributed by atoms with E-state index in [1.54, 1.807) is 6.92 Å². The lowest BCUT2D eigenvalue weighted by Crippen LogP contribution is -2.21. The van der Waals surface area contributed by atoms with Gasteiger partial charge < -0.3 is 14.8 Å². The Labute approximate surface area is 99.9 Å². The molecule has 1 aliphatic heterocycles. The number of aromatic amines is 1. The van der Waals surface area contributed by atoms with Crippen LogP contribution in [0.25, 0.3) is 0 Å². The van der Waals surface area contributed by atoms with E-state index in [1.807, 2.05) is 6.92 Å². The third-order valence-electron chi connectivity index (χ3n) is 3.14. The molecule has 2 heterocycles. The Morgan fingerprint density at radius 2 is 2.29 bits per heavy atom. The van der Waals surface area contributed by atoms with Gasteiger partial charge in [0.15, 0.2) is 0 Å². The van der Waals surface area contributed by atoms with E-state index in [0.717, 1.165) is 12.8 Å². The minimum absolute atomic E-state index is 0.0398. The molecule has 0 bridgehead atoms. The Hall–Kier alpha value is -1.20. The van der Waals surface area contributed by atoms with Gasteiger partial charge in [-0.3, -0.25) is 4.79 Å². The van der Waals surface area contributed by atoms with Crippen molar-refractivity contribution >= 4 is 0 Å². The van der Waals surface area contributed by atoms with Crippen molar-refractivity contribution in [3.63, 3.8) is 0 Å². The number of hydrogen-bond donors (Lipinski definition) is 2. The Balaban J connectivity index is 2.29. The molecular weight excluding hydrogens is 220 g/mol. The van der Waals surface area contributed by atoms with Crippen LogP contribution in [-0.2, 0) is 11.2 Å². The number of aliphatic hydroxyl groups excluding tert-OH is 1. The van der Waals surface area contributed by atoms with Gasteiger partial charge >= 0.3 is 0 Å². The summed E-state index contributed by atoms with van der Waals surface area (Å²) in [6, 6.07) is 0. The molecule has 2 N–H and O–H groups in total. The zero-order chi connectivity index (χ0) is 12.4. The van der Waals surface area contributed by atoms with Crippen molar-refractivity contribution in [3.05, 3.63) is 27.4 Å². The molecule has 1 aliphatic rings. The second-order valence-corrected chi connectivity index (χ2v) is 4.50. The monoisotopic (exact) mass is 238 g/mol. The summed E-state index contributed by atoms with van der Waals surface area (Å²) >= 11 is 0. The molecule has 17 heavy (non-hydrogen) atoms. The average molecular weight is 238 g/mol. The lowest BCUT2D eigenvalue weighted by molar-refractivity contribution is 0.0500. The molecule has 2 unspecified atom stereocenters. The molecule has 0 radical (unpaired) electrons. The minimum atomic E-state index is -0.162. The zero-order valence-corrected chi connectivity index (χ0v) is 10.2. The summed E-state index contributed by atoms with van der Waals surface area (Å²) in [5.74, 6) is 0.610. The maximum atomic E-state index is 11.8. The van der Waals surface area contributed by atoms with E-state index in [0.29, 0.717) is 23.5 Å². The third kappa shape index (κ3) is 2.56. The predicted octanol–water partition coefficient (Wildman–Crippen LogP) is 0.853. The SMILES string of the molecule is Cc1nc(C2CCC(C)O2)[nH]c(=O)c1CCO. The van der Waals surface area contributed by atoms with Gasteiger partial charge in [0.05, 0.1) is 6.10 Å². The smallest absolute Gasteiger partial charge is 0.254 e. The molecule has 2 atom stereocenters. The predicted molar refractivity (Wildman–Crippen MR) is 62.9 cm³/mol. The van der Waals surface area contributed by atoms with Crippen LogP contribution >= 0.6 is 0 Å². The van der Waals surface area contributed by atoms with Crippen LogP contribution in [0.15, 0.2) is 4.79 Å². The van der Waals surface area contributed by atoms with E-state index in [9.17, 15) is 4.79 Å². The lowest BCUT2D eigenvalue weighted by atomic mass is 10.1. The summed E-state index contributed by atoms with van der Waals surface area (Å²) in [7, 11) is 0. The van der Waals surface area contributed by atoms with E-state index in [4.69, 9.17) is 9.84 Å². The Morgan fingerprint density at radius 3 is 2.82 bits per heavy atom. The largest absolute Gasteiger partial charge is 0.396 e. The van der Waals surface area contributed by atoms with E-state index < -0.39 is 0 Å². The summed E-state index contributed by atoms with van der Waals surface area (Å²) < 4.78 is 5.68. The summed E-state index contributed by atoms with van der Waals surface area (Å²) in [5.41, 5.74) is 1.08. The van der Waals surface area contributed by atoms with Crippen LogP contribution in [0, 0.1) is 6.92 Å². The second-order valence-electron chi connectivity index (χ2n) is 4.50. The first-order valence-corrected chi connectivity index (χ1v) is 5.98. The van der Waals surface area contributed by atoms with Gasteiger partial charge in [-0.05, 0) is 26.7 Å². The maximum absolute atomic E-state index is 11.8. The first kappa shape index (κ1) is 12.3. The van der Waals surface area contributed by atoms with E-state index in [1.165, 1.54) is 0 Å².